The summed E-state index contributed by atoms with van der Waals surface area (Å²) in [4.78, 5) is 31.6. The van der Waals surface area contributed by atoms with Crippen molar-refractivity contribution in [2.75, 3.05) is 31.1 Å². The number of nitro groups is 1. The molecule has 28 heavy (non-hydrogen) atoms. The maximum atomic E-state index is 12.4. The van der Waals surface area contributed by atoms with E-state index in [0.717, 1.165) is 18.7 Å². The minimum atomic E-state index is -0.375. The number of nitrogens with zero attached hydrogens (tertiary/aromatic N) is 4. The zero-order chi connectivity index (χ0) is 20.1. The number of carbonyl (C=O) groups is 1. The predicted octanol–water partition coefficient (Wildman–Crippen LogP) is 2.88. The summed E-state index contributed by atoms with van der Waals surface area (Å²) in [5.74, 6) is 0.278. The van der Waals surface area contributed by atoms with Crippen LogP contribution in [0.5, 0.6) is 0 Å². The van der Waals surface area contributed by atoms with Gasteiger partial charge in [0.15, 0.2) is 0 Å². The first-order chi connectivity index (χ1) is 13.4. The second-order valence-electron chi connectivity index (χ2n) is 7.02. The van der Waals surface area contributed by atoms with Crippen LogP contribution in [0.25, 0.3) is 0 Å². The zero-order valence-electron chi connectivity index (χ0n) is 16.1. The summed E-state index contributed by atoms with van der Waals surface area (Å²) in [5.41, 5.74) is 1.50. The van der Waals surface area contributed by atoms with E-state index in [1.807, 2.05) is 19.9 Å². The lowest BCUT2D eigenvalue weighted by Gasteiger charge is -2.36. The molecular formula is C20H24N4O4. The van der Waals surface area contributed by atoms with Crippen molar-refractivity contribution in [2.45, 2.75) is 26.5 Å². The standard InChI is InChI=1S/C20H24N4O4/c1-15(2)28-20(25)18-7-4-8-21-19(18)23-11-9-22(10-12-23)14-16-5-3-6-17(13-16)24(26)27/h3-8,13,15H,9-12,14H2,1-2H3. The van der Waals surface area contributed by atoms with E-state index in [0.29, 0.717) is 31.0 Å². The Hall–Kier alpha value is -3.00. The lowest BCUT2D eigenvalue weighted by atomic mass is 10.1. The van der Waals surface area contributed by atoms with Gasteiger partial charge in [-0.2, -0.15) is 0 Å². The third-order valence-corrected chi connectivity index (χ3v) is 4.55. The number of piperazine rings is 1. The number of pyridine rings is 1. The van der Waals surface area contributed by atoms with Crippen molar-refractivity contribution in [3.63, 3.8) is 0 Å². The number of aromatic nitrogens is 1. The molecule has 8 nitrogen and oxygen atoms in total. The summed E-state index contributed by atoms with van der Waals surface area (Å²) in [6.07, 6.45) is 1.49. The molecule has 8 heteroatoms. The topological polar surface area (TPSA) is 88.8 Å². The highest BCUT2D eigenvalue weighted by Crippen LogP contribution is 2.21. The first kappa shape index (κ1) is 19.8. The fourth-order valence-electron chi connectivity index (χ4n) is 3.23. The van der Waals surface area contributed by atoms with Gasteiger partial charge in [-0.05, 0) is 31.5 Å². The number of ether oxygens (including phenoxy) is 1. The summed E-state index contributed by atoms with van der Waals surface area (Å²) >= 11 is 0. The van der Waals surface area contributed by atoms with Gasteiger partial charge in [0.25, 0.3) is 5.69 Å². The Kier molecular flexibility index (Phi) is 6.20. The molecule has 0 saturated carbocycles. The van der Waals surface area contributed by atoms with E-state index in [2.05, 4.69) is 14.8 Å². The van der Waals surface area contributed by atoms with E-state index >= 15 is 0 Å². The lowest BCUT2D eigenvalue weighted by molar-refractivity contribution is -0.384. The highest BCUT2D eigenvalue weighted by molar-refractivity contribution is 5.94. The van der Waals surface area contributed by atoms with Crippen molar-refractivity contribution in [1.29, 1.82) is 0 Å². The molecule has 0 radical (unpaired) electrons. The molecule has 1 aromatic carbocycles. The Morgan fingerprint density at radius 3 is 2.64 bits per heavy atom. The summed E-state index contributed by atoms with van der Waals surface area (Å²) in [7, 11) is 0. The van der Waals surface area contributed by atoms with Crippen LogP contribution in [0.15, 0.2) is 42.6 Å². The summed E-state index contributed by atoms with van der Waals surface area (Å²) in [6.45, 7) is 7.28. The monoisotopic (exact) mass is 384 g/mol. The molecule has 0 aliphatic carbocycles. The highest BCUT2D eigenvalue weighted by Gasteiger charge is 2.24. The Morgan fingerprint density at radius 2 is 1.96 bits per heavy atom. The molecule has 1 fully saturated rings. The van der Waals surface area contributed by atoms with Crippen LogP contribution in [0.1, 0.15) is 29.8 Å². The number of nitro benzene ring substituents is 1. The molecule has 1 saturated heterocycles. The molecule has 1 aliphatic rings. The number of anilines is 1. The molecule has 0 N–H and O–H groups in total. The normalized spacial score (nSPS) is 14.9. The Bertz CT molecular complexity index is 848. The van der Waals surface area contributed by atoms with Gasteiger partial charge in [0, 0.05) is 51.1 Å². The minimum Gasteiger partial charge on any atom is -0.459 e. The molecule has 1 aliphatic heterocycles. The first-order valence-corrected chi connectivity index (χ1v) is 9.30. The number of benzene rings is 1. The molecule has 3 rings (SSSR count). The average Bonchev–Trinajstić information content (AvgIpc) is 2.68. The summed E-state index contributed by atoms with van der Waals surface area (Å²) in [5, 5.41) is 10.9. The Morgan fingerprint density at radius 1 is 1.21 bits per heavy atom. The van der Waals surface area contributed by atoms with E-state index in [-0.39, 0.29) is 22.7 Å². The van der Waals surface area contributed by atoms with Crippen molar-refractivity contribution in [3.8, 4) is 0 Å². The maximum absolute atomic E-state index is 12.4. The van der Waals surface area contributed by atoms with Crippen molar-refractivity contribution in [1.82, 2.24) is 9.88 Å². The molecule has 2 heterocycles. The van der Waals surface area contributed by atoms with Gasteiger partial charge in [-0.25, -0.2) is 9.78 Å². The fourth-order valence-corrected chi connectivity index (χ4v) is 3.23. The summed E-state index contributed by atoms with van der Waals surface area (Å²) < 4.78 is 5.33. The van der Waals surface area contributed by atoms with Crippen LogP contribution < -0.4 is 4.90 Å². The molecule has 0 atom stereocenters. The Balaban J connectivity index is 1.64. The molecule has 0 bridgehead atoms. The minimum absolute atomic E-state index is 0.109. The lowest BCUT2D eigenvalue weighted by Crippen LogP contribution is -2.46. The quantitative estimate of drug-likeness (QED) is 0.430. The van der Waals surface area contributed by atoms with E-state index in [1.54, 1.807) is 30.5 Å². The molecular weight excluding hydrogens is 360 g/mol. The Labute approximate surface area is 163 Å². The van der Waals surface area contributed by atoms with Gasteiger partial charge in [-0.3, -0.25) is 15.0 Å². The van der Waals surface area contributed by atoms with Gasteiger partial charge in [0.2, 0.25) is 0 Å². The molecule has 2 aromatic rings. The molecule has 0 unspecified atom stereocenters. The van der Waals surface area contributed by atoms with Gasteiger partial charge < -0.3 is 9.64 Å². The van der Waals surface area contributed by atoms with E-state index < -0.39 is 0 Å². The summed E-state index contributed by atoms with van der Waals surface area (Å²) in [6, 6.07) is 10.2. The number of non-ortho nitro benzene ring substituents is 1. The van der Waals surface area contributed by atoms with Gasteiger partial charge in [-0.1, -0.05) is 12.1 Å². The van der Waals surface area contributed by atoms with Crippen LogP contribution in [-0.4, -0.2) is 53.1 Å². The number of carbonyl (C=O) groups excluding carboxylic acids is 1. The van der Waals surface area contributed by atoms with Crippen LogP contribution in [0.4, 0.5) is 11.5 Å². The van der Waals surface area contributed by atoms with Crippen molar-refractivity contribution in [2.24, 2.45) is 0 Å². The smallest absolute Gasteiger partial charge is 0.342 e. The highest BCUT2D eigenvalue weighted by atomic mass is 16.6. The molecule has 0 amide bonds. The largest absolute Gasteiger partial charge is 0.459 e. The SMILES string of the molecule is CC(C)OC(=O)c1cccnc1N1CCN(Cc2cccc([N+](=O)[O-])c2)CC1. The van der Waals surface area contributed by atoms with E-state index in [4.69, 9.17) is 4.74 Å². The van der Waals surface area contributed by atoms with E-state index in [1.165, 1.54) is 6.07 Å². The van der Waals surface area contributed by atoms with Gasteiger partial charge in [0.05, 0.1) is 11.0 Å². The maximum Gasteiger partial charge on any atom is 0.342 e. The van der Waals surface area contributed by atoms with Crippen LogP contribution >= 0.6 is 0 Å². The van der Waals surface area contributed by atoms with Gasteiger partial charge in [-0.15, -0.1) is 0 Å². The second kappa shape index (κ2) is 8.79. The van der Waals surface area contributed by atoms with Crippen molar-refractivity contribution < 1.29 is 14.5 Å². The van der Waals surface area contributed by atoms with Crippen molar-refractivity contribution in [3.05, 3.63) is 63.8 Å². The first-order valence-electron chi connectivity index (χ1n) is 9.30. The van der Waals surface area contributed by atoms with Crippen molar-refractivity contribution >= 4 is 17.5 Å². The van der Waals surface area contributed by atoms with Crippen LogP contribution in [-0.2, 0) is 11.3 Å². The number of esters is 1. The van der Waals surface area contributed by atoms with Crippen LogP contribution in [0.2, 0.25) is 0 Å². The van der Waals surface area contributed by atoms with Gasteiger partial charge >= 0.3 is 5.97 Å². The molecule has 148 valence electrons. The van der Waals surface area contributed by atoms with Crippen LogP contribution in [0.3, 0.4) is 0 Å². The molecule has 0 spiro atoms. The fraction of sp³-hybridized carbons (Fsp3) is 0.400. The number of rotatable bonds is 6. The second-order valence-corrected chi connectivity index (χ2v) is 7.02. The van der Waals surface area contributed by atoms with Crippen LogP contribution in [0, 0.1) is 10.1 Å². The third kappa shape index (κ3) is 4.83. The number of hydrogen-bond donors (Lipinski definition) is 0. The van der Waals surface area contributed by atoms with E-state index in [9.17, 15) is 14.9 Å². The average molecular weight is 384 g/mol. The number of hydrogen-bond acceptors (Lipinski definition) is 7. The zero-order valence-corrected chi connectivity index (χ0v) is 16.1. The molecule has 1 aromatic heterocycles. The predicted molar refractivity (Wildman–Crippen MR) is 105 cm³/mol. The third-order valence-electron chi connectivity index (χ3n) is 4.55. The van der Waals surface area contributed by atoms with Gasteiger partial charge in [0.1, 0.15) is 11.4 Å².